The highest BCUT2D eigenvalue weighted by molar-refractivity contribution is 7.92. The van der Waals surface area contributed by atoms with Crippen molar-refractivity contribution in [2.75, 3.05) is 25.4 Å². The van der Waals surface area contributed by atoms with Gasteiger partial charge in [-0.05, 0) is 62.5 Å². The van der Waals surface area contributed by atoms with Gasteiger partial charge < -0.3 is 10.2 Å². The van der Waals surface area contributed by atoms with E-state index < -0.39 is 15.8 Å². The summed E-state index contributed by atoms with van der Waals surface area (Å²) in [7, 11) is -0.121. The molecule has 0 unspecified atom stereocenters. The first-order chi connectivity index (χ1) is 15.2. The van der Waals surface area contributed by atoms with Gasteiger partial charge in [0.05, 0.1) is 10.9 Å². The SMILES string of the molecule is Cc1ccc(S(=O)(=O)Nc2cccc(C(=O)NC[C@@H](c3ccccc3)N(C)C)c2)cc1F. The normalized spacial score (nSPS) is 12.4. The van der Waals surface area contributed by atoms with Gasteiger partial charge in [-0.1, -0.05) is 42.5 Å². The van der Waals surface area contributed by atoms with Crippen molar-refractivity contribution < 1.29 is 17.6 Å². The number of nitrogens with one attached hydrogen (secondary N) is 2. The topological polar surface area (TPSA) is 78.5 Å². The molecule has 0 saturated heterocycles. The molecule has 0 saturated carbocycles. The van der Waals surface area contributed by atoms with Gasteiger partial charge in [0, 0.05) is 17.8 Å². The lowest BCUT2D eigenvalue weighted by Gasteiger charge is -2.25. The maximum Gasteiger partial charge on any atom is 0.261 e. The predicted octanol–water partition coefficient (Wildman–Crippen LogP) is 3.97. The molecule has 0 radical (unpaired) electrons. The van der Waals surface area contributed by atoms with Gasteiger partial charge in [-0.25, -0.2) is 12.8 Å². The lowest BCUT2D eigenvalue weighted by Crippen LogP contribution is -2.34. The number of likely N-dealkylation sites (N-methyl/N-ethyl adjacent to an activating group) is 1. The summed E-state index contributed by atoms with van der Waals surface area (Å²) in [5.74, 6) is -0.926. The van der Waals surface area contributed by atoms with E-state index in [-0.39, 0.29) is 22.5 Å². The van der Waals surface area contributed by atoms with Crippen LogP contribution in [0.15, 0.2) is 77.7 Å². The summed E-state index contributed by atoms with van der Waals surface area (Å²) in [5.41, 5.74) is 1.95. The third-order valence-corrected chi connectivity index (χ3v) is 6.47. The van der Waals surface area contributed by atoms with E-state index in [9.17, 15) is 17.6 Å². The second kappa shape index (κ2) is 9.93. The maximum atomic E-state index is 13.8. The zero-order chi connectivity index (χ0) is 23.3. The molecule has 1 atom stereocenters. The first kappa shape index (κ1) is 23.4. The molecule has 1 amide bonds. The van der Waals surface area contributed by atoms with E-state index in [2.05, 4.69) is 10.0 Å². The minimum Gasteiger partial charge on any atom is -0.350 e. The van der Waals surface area contributed by atoms with Crippen LogP contribution in [0.4, 0.5) is 10.1 Å². The minimum atomic E-state index is -4.00. The smallest absolute Gasteiger partial charge is 0.261 e. The number of rotatable bonds is 8. The second-order valence-electron chi connectivity index (χ2n) is 7.70. The van der Waals surface area contributed by atoms with Crippen molar-refractivity contribution in [1.29, 1.82) is 0 Å². The zero-order valence-corrected chi connectivity index (χ0v) is 19.0. The summed E-state index contributed by atoms with van der Waals surface area (Å²) in [4.78, 5) is 14.5. The molecule has 3 aromatic rings. The van der Waals surface area contributed by atoms with Gasteiger partial charge >= 0.3 is 0 Å². The van der Waals surface area contributed by atoms with Crippen LogP contribution >= 0.6 is 0 Å². The third-order valence-electron chi connectivity index (χ3n) is 5.09. The molecule has 0 spiro atoms. The van der Waals surface area contributed by atoms with Crippen molar-refractivity contribution in [2.24, 2.45) is 0 Å². The number of sulfonamides is 1. The lowest BCUT2D eigenvalue weighted by atomic mass is 10.1. The number of benzene rings is 3. The van der Waals surface area contributed by atoms with Crippen LogP contribution < -0.4 is 10.0 Å². The Labute approximate surface area is 188 Å². The van der Waals surface area contributed by atoms with Crippen LogP contribution in [0.5, 0.6) is 0 Å². The van der Waals surface area contributed by atoms with E-state index in [0.717, 1.165) is 11.6 Å². The van der Waals surface area contributed by atoms with Crippen molar-refractivity contribution in [3.05, 3.63) is 95.3 Å². The van der Waals surface area contributed by atoms with Gasteiger partial charge in [0.25, 0.3) is 15.9 Å². The number of halogens is 1. The summed E-state index contributed by atoms with van der Waals surface area (Å²) in [6.45, 7) is 1.94. The van der Waals surface area contributed by atoms with Crippen LogP contribution in [0.2, 0.25) is 0 Å². The number of hydrogen-bond acceptors (Lipinski definition) is 4. The Morgan fingerprint density at radius 3 is 2.38 bits per heavy atom. The van der Waals surface area contributed by atoms with E-state index in [1.54, 1.807) is 19.1 Å². The number of amides is 1. The van der Waals surface area contributed by atoms with Gasteiger partial charge in [0.1, 0.15) is 5.82 Å². The lowest BCUT2D eigenvalue weighted by molar-refractivity contribution is 0.0942. The van der Waals surface area contributed by atoms with Crippen LogP contribution in [-0.4, -0.2) is 39.9 Å². The van der Waals surface area contributed by atoms with Crippen LogP contribution in [0.25, 0.3) is 0 Å². The fourth-order valence-corrected chi connectivity index (χ4v) is 4.30. The molecule has 32 heavy (non-hydrogen) atoms. The van der Waals surface area contributed by atoms with Gasteiger partial charge in [-0.15, -0.1) is 0 Å². The van der Waals surface area contributed by atoms with Gasteiger partial charge in [0.2, 0.25) is 0 Å². The Morgan fingerprint density at radius 1 is 1.00 bits per heavy atom. The van der Waals surface area contributed by atoms with E-state index in [1.165, 1.54) is 24.3 Å². The average Bonchev–Trinajstić information content (AvgIpc) is 2.76. The molecule has 0 bridgehead atoms. The fourth-order valence-electron chi connectivity index (χ4n) is 3.24. The molecule has 168 valence electrons. The average molecular weight is 456 g/mol. The molecule has 0 fully saturated rings. The standard InChI is InChI=1S/C24H26FN3O3S/c1-17-12-13-21(15-22(17)25)32(30,31)27-20-11-7-10-19(14-20)24(29)26-16-23(28(2)3)18-8-5-4-6-9-18/h4-15,23,27H,16H2,1-3H3,(H,26,29)/t23-/m0/s1. The minimum absolute atomic E-state index is 0.0155. The second-order valence-corrected chi connectivity index (χ2v) is 9.38. The Kier molecular flexibility index (Phi) is 7.27. The van der Waals surface area contributed by atoms with Crippen LogP contribution in [-0.2, 0) is 10.0 Å². The number of nitrogens with zero attached hydrogens (tertiary/aromatic N) is 1. The first-order valence-electron chi connectivity index (χ1n) is 10.1. The Balaban J connectivity index is 1.72. The van der Waals surface area contributed by atoms with Crippen LogP contribution in [0.1, 0.15) is 27.5 Å². The van der Waals surface area contributed by atoms with Gasteiger partial charge in [-0.2, -0.15) is 0 Å². The summed E-state index contributed by atoms with van der Waals surface area (Å²) >= 11 is 0. The van der Waals surface area contributed by atoms with E-state index in [4.69, 9.17) is 0 Å². The molecular weight excluding hydrogens is 429 g/mol. The highest BCUT2D eigenvalue weighted by Crippen LogP contribution is 2.20. The van der Waals surface area contributed by atoms with Gasteiger partial charge in [0.15, 0.2) is 0 Å². The molecule has 3 aromatic carbocycles. The molecule has 2 N–H and O–H groups in total. The molecule has 0 aliphatic heterocycles. The van der Waals surface area contributed by atoms with Crippen molar-refractivity contribution in [3.8, 4) is 0 Å². The molecular formula is C24H26FN3O3S. The number of anilines is 1. The summed E-state index contributed by atoms with van der Waals surface area (Å²) in [5, 5.41) is 2.91. The summed E-state index contributed by atoms with van der Waals surface area (Å²) in [6.07, 6.45) is 0. The van der Waals surface area contributed by atoms with Crippen molar-refractivity contribution in [1.82, 2.24) is 10.2 Å². The Hall–Kier alpha value is -3.23. The molecule has 6 nitrogen and oxygen atoms in total. The number of carbonyl (C=O) groups excluding carboxylic acids is 1. The van der Waals surface area contributed by atoms with Crippen molar-refractivity contribution in [2.45, 2.75) is 17.9 Å². The Bertz CT molecular complexity index is 1200. The summed E-state index contributed by atoms with van der Waals surface area (Å²) < 4.78 is 41.4. The third kappa shape index (κ3) is 5.72. The van der Waals surface area contributed by atoms with Crippen molar-refractivity contribution in [3.63, 3.8) is 0 Å². The largest absolute Gasteiger partial charge is 0.350 e. The fraction of sp³-hybridized carbons (Fsp3) is 0.208. The molecule has 0 aliphatic rings. The number of aryl methyl sites for hydroxylation is 1. The monoisotopic (exact) mass is 455 g/mol. The number of hydrogen-bond donors (Lipinski definition) is 2. The maximum absolute atomic E-state index is 13.8. The molecule has 8 heteroatoms. The van der Waals surface area contributed by atoms with Crippen LogP contribution in [0.3, 0.4) is 0 Å². The zero-order valence-electron chi connectivity index (χ0n) is 18.2. The highest BCUT2D eigenvalue weighted by Gasteiger charge is 2.18. The molecule has 0 heterocycles. The van der Waals surface area contributed by atoms with Crippen molar-refractivity contribution >= 4 is 21.6 Å². The number of carbonyl (C=O) groups is 1. The summed E-state index contributed by atoms with van der Waals surface area (Å²) in [6, 6.07) is 19.7. The van der Waals surface area contributed by atoms with Crippen LogP contribution in [0, 0.1) is 12.7 Å². The first-order valence-corrected chi connectivity index (χ1v) is 11.5. The highest BCUT2D eigenvalue weighted by atomic mass is 32.2. The van der Waals surface area contributed by atoms with E-state index in [1.807, 2.05) is 49.3 Å². The molecule has 3 rings (SSSR count). The quantitative estimate of drug-likeness (QED) is 0.539. The molecule has 0 aromatic heterocycles. The van der Waals surface area contributed by atoms with Gasteiger partial charge in [-0.3, -0.25) is 9.52 Å². The van der Waals surface area contributed by atoms with E-state index in [0.29, 0.717) is 17.7 Å². The Morgan fingerprint density at radius 2 is 1.72 bits per heavy atom. The predicted molar refractivity (Wildman–Crippen MR) is 124 cm³/mol. The van der Waals surface area contributed by atoms with E-state index >= 15 is 0 Å². The molecule has 0 aliphatic carbocycles.